The standard InChI is InChI=1S/C10H21NO/c1-3-5-10(11-4-2)6-8-12-9-7-10/h11H,3-9H2,1-2H3. The van der Waals surface area contributed by atoms with Gasteiger partial charge in [-0.3, -0.25) is 0 Å². The van der Waals surface area contributed by atoms with E-state index in [1.54, 1.807) is 0 Å². The van der Waals surface area contributed by atoms with Crippen molar-refractivity contribution in [3.05, 3.63) is 0 Å². The quantitative estimate of drug-likeness (QED) is 0.698. The summed E-state index contributed by atoms with van der Waals surface area (Å²) in [5, 5.41) is 3.62. The summed E-state index contributed by atoms with van der Waals surface area (Å²) in [5.74, 6) is 0. The van der Waals surface area contributed by atoms with Gasteiger partial charge in [-0.2, -0.15) is 0 Å². The molecule has 12 heavy (non-hydrogen) atoms. The average Bonchev–Trinajstić information content (AvgIpc) is 2.07. The SMILES string of the molecule is CCCC1(NCC)CCOCC1. The highest BCUT2D eigenvalue weighted by Gasteiger charge is 2.29. The summed E-state index contributed by atoms with van der Waals surface area (Å²) in [6.07, 6.45) is 4.94. The fourth-order valence-corrected chi connectivity index (χ4v) is 2.13. The Labute approximate surface area is 75.7 Å². The first-order chi connectivity index (χ1) is 5.83. The lowest BCUT2D eigenvalue weighted by Gasteiger charge is -2.38. The Morgan fingerprint density at radius 3 is 2.42 bits per heavy atom. The number of ether oxygens (including phenoxy) is 1. The van der Waals surface area contributed by atoms with Gasteiger partial charge in [0.1, 0.15) is 0 Å². The van der Waals surface area contributed by atoms with Crippen molar-refractivity contribution >= 4 is 0 Å². The Morgan fingerprint density at radius 1 is 1.25 bits per heavy atom. The highest BCUT2D eigenvalue weighted by Crippen LogP contribution is 2.25. The number of hydrogen-bond donors (Lipinski definition) is 1. The molecule has 0 aromatic carbocycles. The van der Waals surface area contributed by atoms with E-state index in [2.05, 4.69) is 19.2 Å². The van der Waals surface area contributed by atoms with Crippen molar-refractivity contribution in [1.82, 2.24) is 5.32 Å². The predicted molar refractivity (Wildman–Crippen MR) is 51.4 cm³/mol. The first kappa shape index (κ1) is 10.0. The molecule has 2 heteroatoms. The zero-order valence-electron chi connectivity index (χ0n) is 8.36. The van der Waals surface area contributed by atoms with Gasteiger partial charge in [0.2, 0.25) is 0 Å². The number of nitrogens with one attached hydrogen (secondary N) is 1. The van der Waals surface area contributed by atoms with Gasteiger partial charge in [-0.05, 0) is 25.8 Å². The van der Waals surface area contributed by atoms with Crippen molar-refractivity contribution in [2.75, 3.05) is 19.8 Å². The molecule has 1 saturated heterocycles. The summed E-state index contributed by atoms with van der Waals surface area (Å²) >= 11 is 0. The van der Waals surface area contributed by atoms with E-state index in [9.17, 15) is 0 Å². The topological polar surface area (TPSA) is 21.3 Å². The van der Waals surface area contributed by atoms with Crippen molar-refractivity contribution in [3.8, 4) is 0 Å². The molecule has 0 aromatic heterocycles. The van der Waals surface area contributed by atoms with Crippen LogP contribution in [0, 0.1) is 0 Å². The summed E-state index contributed by atoms with van der Waals surface area (Å²) in [7, 11) is 0. The third-order valence-corrected chi connectivity index (χ3v) is 2.73. The zero-order chi connectivity index (χ0) is 8.86. The van der Waals surface area contributed by atoms with Crippen LogP contribution in [0.5, 0.6) is 0 Å². The van der Waals surface area contributed by atoms with Crippen LogP contribution >= 0.6 is 0 Å². The van der Waals surface area contributed by atoms with E-state index in [-0.39, 0.29) is 0 Å². The lowest BCUT2D eigenvalue weighted by atomic mass is 9.85. The molecule has 1 heterocycles. The van der Waals surface area contributed by atoms with Crippen molar-refractivity contribution in [2.24, 2.45) is 0 Å². The Hall–Kier alpha value is -0.0800. The molecule has 0 amide bonds. The first-order valence-corrected chi connectivity index (χ1v) is 5.16. The third kappa shape index (κ3) is 2.46. The first-order valence-electron chi connectivity index (χ1n) is 5.16. The minimum absolute atomic E-state index is 0.405. The van der Waals surface area contributed by atoms with E-state index in [4.69, 9.17) is 4.74 Å². The maximum atomic E-state index is 5.38. The van der Waals surface area contributed by atoms with E-state index in [1.807, 2.05) is 0 Å². The van der Waals surface area contributed by atoms with Gasteiger partial charge in [-0.25, -0.2) is 0 Å². The molecule has 0 atom stereocenters. The lowest BCUT2D eigenvalue weighted by Crippen LogP contribution is -2.49. The Morgan fingerprint density at radius 2 is 1.92 bits per heavy atom. The van der Waals surface area contributed by atoms with E-state index >= 15 is 0 Å². The van der Waals surface area contributed by atoms with Crippen LogP contribution in [-0.4, -0.2) is 25.3 Å². The van der Waals surface area contributed by atoms with Crippen LogP contribution in [0.25, 0.3) is 0 Å². The van der Waals surface area contributed by atoms with Gasteiger partial charge in [0.05, 0.1) is 0 Å². The second-order valence-electron chi connectivity index (χ2n) is 3.67. The van der Waals surface area contributed by atoms with Gasteiger partial charge in [-0.1, -0.05) is 20.3 Å². The molecule has 0 aliphatic carbocycles. The highest BCUT2D eigenvalue weighted by molar-refractivity contribution is 4.89. The smallest absolute Gasteiger partial charge is 0.0483 e. The van der Waals surface area contributed by atoms with Crippen molar-refractivity contribution < 1.29 is 4.74 Å². The summed E-state index contributed by atoms with van der Waals surface area (Å²) < 4.78 is 5.38. The van der Waals surface area contributed by atoms with E-state index in [0.717, 1.165) is 19.8 Å². The maximum Gasteiger partial charge on any atom is 0.0483 e. The monoisotopic (exact) mass is 171 g/mol. The van der Waals surface area contributed by atoms with Crippen LogP contribution in [0.3, 0.4) is 0 Å². The van der Waals surface area contributed by atoms with Crippen molar-refractivity contribution in [3.63, 3.8) is 0 Å². The molecule has 1 aliphatic heterocycles. The molecule has 1 N–H and O–H groups in total. The molecule has 1 fully saturated rings. The molecule has 0 bridgehead atoms. The summed E-state index contributed by atoms with van der Waals surface area (Å²) in [6.45, 7) is 7.40. The largest absolute Gasteiger partial charge is 0.381 e. The fourth-order valence-electron chi connectivity index (χ4n) is 2.13. The number of hydrogen-bond acceptors (Lipinski definition) is 2. The second-order valence-corrected chi connectivity index (χ2v) is 3.67. The van der Waals surface area contributed by atoms with Gasteiger partial charge in [0, 0.05) is 18.8 Å². The van der Waals surface area contributed by atoms with E-state index < -0.39 is 0 Å². The van der Waals surface area contributed by atoms with Crippen LogP contribution < -0.4 is 5.32 Å². The van der Waals surface area contributed by atoms with Gasteiger partial charge >= 0.3 is 0 Å². The summed E-state index contributed by atoms with van der Waals surface area (Å²) in [5.41, 5.74) is 0.405. The van der Waals surface area contributed by atoms with Crippen LogP contribution in [0.2, 0.25) is 0 Å². The second kappa shape index (κ2) is 4.83. The fraction of sp³-hybridized carbons (Fsp3) is 1.00. The van der Waals surface area contributed by atoms with Gasteiger partial charge in [0.15, 0.2) is 0 Å². The Balaban J connectivity index is 2.44. The molecular weight excluding hydrogens is 150 g/mol. The molecule has 0 unspecified atom stereocenters. The van der Waals surface area contributed by atoms with E-state index in [1.165, 1.54) is 25.7 Å². The van der Waals surface area contributed by atoms with Crippen molar-refractivity contribution in [1.29, 1.82) is 0 Å². The molecule has 72 valence electrons. The normalized spacial score (nSPS) is 22.5. The van der Waals surface area contributed by atoms with E-state index in [0.29, 0.717) is 5.54 Å². The van der Waals surface area contributed by atoms with Crippen LogP contribution in [-0.2, 0) is 4.74 Å². The Kier molecular flexibility index (Phi) is 4.02. The Bertz CT molecular complexity index is 103. The lowest BCUT2D eigenvalue weighted by molar-refractivity contribution is 0.0350. The van der Waals surface area contributed by atoms with Crippen LogP contribution in [0.15, 0.2) is 0 Å². The van der Waals surface area contributed by atoms with Gasteiger partial charge in [-0.15, -0.1) is 0 Å². The predicted octanol–water partition coefficient (Wildman–Crippen LogP) is 1.95. The molecule has 0 radical (unpaired) electrons. The average molecular weight is 171 g/mol. The molecular formula is C10H21NO. The van der Waals surface area contributed by atoms with Crippen LogP contribution in [0.4, 0.5) is 0 Å². The molecule has 0 spiro atoms. The molecule has 1 rings (SSSR count). The van der Waals surface area contributed by atoms with Gasteiger partial charge in [0.25, 0.3) is 0 Å². The van der Waals surface area contributed by atoms with Gasteiger partial charge < -0.3 is 10.1 Å². The molecule has 0 saturated carbocycles. The highest BCUT2D eigenvalue weighted by atomic mass is 16.5. The molecule has 2 nitrogen and oxygen atoms in total. The minimum Gasteiger partial charge on any atom is -0.381 e. The summed E-state index contributed by atoms with van der Waals surface area (Å²) in [6, 6.07) is 0. The maximum absolute atomic E-state index is 5.38. The van der Waals surface area contributed by atoms with Crippen molar-refractivity contribution in [2.45, 2.75) is 45.1 Å². The molecule has 0 aromatic rings. The zero-order valence-corrected chi connectivity index (χ0v) is 8.36. The minimum atomic E-state index is 0.405. The third-order valence-electron chi connectivity index (χ3n) is 2.73. The van der Waals surface area contributed by atoms with Crippen LogP contribution in [0.1, 0.15) is 39.5 Å². The molecule has 1 aliphatic rings. The summed E-state index contributed by atoms with van der Waals surface area (Å²) in [4.78, 5) is 0. The number of rotatable bonds is 4.